The molecule has 1 fully saturated rings. The van der Waals surface area contributed by atoms with Crippen molar-refractivity contribution in [1.29, 1.82) is 0 Å². The Balaban J connectivity index is 2.17. The molecule has 0 amide bonds. The maximum absolute atomic E-state index is 11.2. The second kappa shape index (κ2) is 6.25. The fourth-order valence-corrected chi connectivity index (χ4v) is 2.34. The summed E-state index contributed by atoms with van der Waals surface area (Å²) in [5.41, 5.74) is 1.14. The molecule has 1 aliphatic rings. The molecular formula is C16H24N2O2. The predicted octanol–water partition coefficient (Wildman–Crippen LogP) is 3.89. The Labute approximate surface area is 120 Å². The van der Waals surface area contributed by atoms with E-state index in [0.717, 1.165) is 24.5 Å². The van der Waals surface area contributed by atoms with E-state index in [2.05, 4.69) is 17.2 Å². The summed E-state index contributed by atoms with van der Waals surface area (Å²) < 4.78 is 0. The molecule has 4 nitrogen and oxygen atoms in total. The van der Waals surface area contributed by atoms with Gasteiger partial charge in [0.25, 0.3) is 0 Å². The van der Waals surface area contributed by atoms with Gasteiger partial charge in [-0.15, -0.1) is 0 Å². The average Bonchev–Trinajstić information content (AvgIpc) is 3.21. The fraction of sp³-hybridized carbons (Fsp3) is 0.625. The zero-order chi connectivity index (χ0) is 14.7. The minimum Gasteiger partial charge on any atom is -0.478 e. The third kappa shape index (κ3) is 3.95. The molecule has 1 aliphatic carbocycles. The van der Waals surface area contributed by atoms with Gasteiger partial charge in [-0.1, -0.05) is 33.6 Å². The lowest BCUT2D eigenvalue weighted by molar-refractivity contribution is 0.0696. The Morgan fingerprint density at radius 3 is 2.65 bits per heavy atom. The van der Waals surface area contributed by atoms with E-state index in [9.17, 15) is 9.90 Å². The molecule has 0 saturated heterocycles. The molecule has 0 spiro atoms. The lowest BCUT2D eigenvalue weighted by Crippen LogP contribution is -2.20. The summed E-state index contributed by atoms with van der Waals surface area (Å²) in [5, 5.41) is 12.6. The van der Waals surface area contributed by atoms with Crippen LogP contribution in [0.25, 0.3) is 0 Å². The van der Waals surface area contributed by atoms with Crippen molar-refractivity contribution in [2.75, 3.05) is 5.32 Å². The number of anilines is 1. The average molecular weight is 276 g/mol. The molecule has 20 heavy (non-hydrogen) atoms. The van der Waals surface area contributed by atoms with Crippen LogP contribution in [0.5, 0.6) is 0 Å². The second-order valence-corrected chi connectivity index (χ2v) is 6.05. The van der Waals surface area contributed by atoms with Gasteiger partial charge in [-0.3, -0.25) is 0 Å². The van der Waals surface area contributed by atoms with E-state index in [0.29, 0.717) is 17.4 Å². The Morgan fingerprint density at radius 2 is 2.15 bits per heavy atom. The van der Waals surface area contributed by atoms with Crippen molar-refractivity contribution in [3.63, 3.8) is 0 Å². The largest absolute Gasteiger partial charge is 0.478 e. The molecule has 0 radical (unpaired) electrons. The molecule has 1 aromatic heterocycles. The molecule has 2 rings (SSSR count). The van der Waals surface area contributed by atoms with Gasteiger partial charge >= 0.3 is 5.97 Å². The van der Waals surface area contributed by atoms with Crippen molar-refractivity contribution in [1.82, 2.24) is 4.98 Å². The first kappa shape index (κ1) is 14.8. The summed E-state index contributed by atoms with van der Waals surface area (Å²) in [7, 11) is 0. The monoisotopic (exact) mass is 276 g/mol. The van der Waals surface area contributed by atoms with Crippen LogP contribution in [0, 0.1) is 5.92 Å². The number of aromatic carboxylic acids is 1. The van der Waals surface area contributed by atoms with Gasteiger partial charge < -0.3 is 10.4 Å². The number of aromatic nitrogens is 1. The summed E-state index contributed by atoms with van der Waals surface area (Å²) >= 11 is 0. The maximum Gasteiger partial charge on any atom is 0.335 e. The molecule has 1 aromatic rings. The number of nitrogens with one attached hydrogen (secondary N) is 1. The zero-order valence-corrected chi connectivity index (χ0v) is 12.5. The molecule has 110 valence electrons. The highest BCUT2D eigenvalue weighted by molar-refractivity contribution is 5.88. The Hall–Kier alpha value is -1.58. The third-order valence-corrected chi connectivity index (χ3v) is 3.84. The Bertz CT molecular complexity index is 481. The van der Waals surface area contributed by atoms with Gasteiger partial charge in [-0.05, 0) is 36.8 Å². The van der Waals surface area contributed by atoms with Crippen molar-refractivity contribution < 1.29 is 9.90 Å². The summed E-state index contributed by atoms with van der Waals surface area (Å²) in [5.74, 6) is 0.867. The summed E-state index contributed by atoms with van der Waals surface area (Å²) in [4.78, 5) is 15.8. The van der Waals surface area contributed by atoms with Crippen LogP contribution in [0.4, 0.5) is 5.82 Å². The maximum atomic E-state index is 11.2. The number of hydrogen-bond donors (Lipinski definition) is 2. The third-order valence-electron chi connectivity index (χ3n) is 3.84. The van der Waals surface area contributed by atoms with Crippen molar-refractivity contribution >= 4 is 11.8 Å². The number of carboxylic acids is 1. The SMILES string of the molecule is CCC(CC1CC1)Nc1cc(C(=O)O)cc(C(C)C)n1. The predicted molar refractivity (Wildman–Crippen MR) is 80.3 cm³/mol. The van der Waals surface area contributed by atoms with Gasteiger partial charge in [0.05, 0.1) is 5.56 Å². The smallest absolute Gasteiger partial charge is 0.335 e. The number of pyridine rings is 1. The first-order chi connectivity index (χ1) is 9.49. The molecule has 0 bridgehead atoms. The normalized spacial score (nSPS) is 16.2. The van der Waals surface area contributed by atoms with Gasteiger partial charge in [0.2, 0.25) is 0 Å². The standard InChI is InChI=1S/C16H24N2O2/c1-4-13(7-11-5-6-11)17-15-9-12(16(19)20)8-14(18-15)10(2)3/h8-11,13H,4-7H2,1-3H3,(H,17,18)(H,19,20). The number of hydrogen-bond acceptors (Lipinski definition) is 3. The number of rotatable bonds is 7. The minimum atomic E-state index is -0.896. The van der Waals surface area contributed by atoms with Gasteiger partial charge in [0.15, 0.2) is 0 Å². The molecule has 4 heteroatoms. The topological polar surface area (TPSA) is 62.2 Å². The van der Waals surface area contributed by atoms with Crippen molar-refractivity contribution in [2.24, 2.45) is 5.92 Å². The molecular weight excluding hydrogens is 252 g/mol. The fourth-order valence-electron chi connectivity index (χ4n) is 2.34. The van der Waals surface area contributed by atoms with E-state index in [1.165, 1.54) is 12.8 Å². The van der Waals surface area contributed by atoms with Crippen molar-refractivity contribution in [3.8, 4) is 0 Å². The van der Waals surface area contributed by atoms with E-state index in [4.69, 9.17) is 0 Å². The first-order valence-corrected chi connectivity index (χ1v) is 7.51. The lowest BCUT2D eigenvalue weighted by Gasteiger charge is -2.19. The van der Waals surface area contributed by atoms with E-state index >= 15 is 0 Å². The second-order valence-electron chi connectivity index (χ2n) is 6.05. The van der Waals surface area contributed by atoms with E-state index in [1.54, 1.807) is 12.1 Å². The van der Waals surface area contributed by atoms with Crippen LogP contribution in [0.15, 0.2) is 12.1 Å². The van der Waals surface area contributed by atoms with E-state index in [1.807, 2.05) is 13.8 Å². The summed E-state index contributed by atoms with van der Waals surface area (Å²) in [6.07, 6.45) is 4.86. The molecule has 1 atom stereocenters. The Kier molecular flexibility index (Phi) is 4.63. The number of carboxylic acid groups (broad SMARTS) is 1. The highest BCUT2D eigenvalue weighted by Crippen LogP contribution is 2.34. The van der Waals surface area contributed by atoms with Crippen LogP contribution in [-0.4, -0.2) is 22.1 Å². The lowest BCUT2D eigenvalue weighted by atomic mass is 10.1. The number of carbonyl (C=O) groups is 1. The molecule has 1 unspecified atom stereocenters. The van der Waals surface area contributed by atoms with Crippen molar-refractivity contribution in [2.45, 2.75) is 58.4 Å². The highest BCUT2D eigenvalue weighted by Gasteiger charge is 2.25. The van der Waals surface area contributed by atoms with Crippen LogP contribution in [0.2, 0.25) is 0 Å². The molecule has 0 aromatic carbocycles. The van der Waals surface area contributed by atoms with Crippen LogP contribution >= 0.6 is 0 Å². The van der Waals surface area contributed by atoms with Crippen LogP contribution in [0.3, 0.4) is 0 Å². The molecule has 2 N–H and O–H groups in total. The van der Waals surface area contributed by atoms with Gasteiger partial charge in [-0.2, -0.15) is 0 Å². The Morgan fingerprint density at radius 1 is 1.45 bits per heavy atom. The van der Waals surface area contributed by atoms with Crippen LogP contribution in [-0.2, 0) is 0 Å². The highest BCUT2D eigenvalue weighted by atomic mass is 16.4. The quantitative estimate of drug-likeness (QED) is 0.793. The van der Waals surface area contributed by atoms with E-state index < -0.39 is 5.97 Å². The van der Waals surface area contributed by atoms with E-state index in [-0.39, 0.29) is 5.92 Å². The first-order valence-electron chi connectivity index (χ1n) is 7.51. The molecule has 1 saturated carbocycles. The minimum absolute atomic E-state index is 0.221. The zero-order valence-electron chi connectivity index (χ0n) is 12.5. The van der Waals surface area contributed by atoms with Gasteiger partial charge in [0, 0.05) is 11.7 Å². The number of nitrogens with zero attached hydrogens (tertiary/aromatic N) is 1. The molecule has 1 heterocycles. The summed E-state index contributed by atoms with van der Waals surface area (Å²) in [6, 6.07) is 3.70. The molecule has 0 aliphatic heterocycles. The summed E-state index contributed by atoms with van der Waals surface area (Å²) in [6.45, 7) is 6.21. The van der Waals surface area contributed by atoms with Gasteiger partial charge in [-0.25, -0.2) is 9.78 Å². The van der Waals surface area contributed by atoms with Crippen LogP contribution in [0.1, 0.15) is 68.4 Å². The van der Waals surface area contributed by atoms with Crippen molar-refractivity contribution in [3.05, 3.63) is 23.4 Å². The van der Waals surface area contributed by atoms with Crippen LogP contribution < -0.4 is 5.32 Å². The van der Waals surface area contributed by atoms with Gasteiger partial charge in [0.1, 0.15) is 5.82 Å².